The molecule has 0 unspecified atom stereocenters. The topological polar surface area (TPSA) is 38.3 Å². The molecule has 5 heteroatoms. The van der Waals surface area contributed by atoms with E-state index in [1.165, 1.54) is 12.1 Å². The third kappa shape index (κ3) is 4.46. The largest absolute Gasteiger partial charge is 0.481 e. The number of carbonyl (C=O) groups excluding carboxylic acids is 1. The van der Waals surface area contributed by atoms with E-state index < -0.39 is 6.10 Å². The first-order chi connectivity index (χ1) is 10.5. The van der Waals surface area contributed by atoms with Crippen LogP contribution in [0.15, 0.2) is 48.5 Å². The molecule has 0 aliphatic carbocycles. The highest BCUT2D eigenvalue weighted by atomic mass is 35.5. The van der Waals surface area contributed by atoms with E-state index in [9.17, 15) is 9.18 Å². The van der Waals surface area contributed by atoms with Gasteiger partial charge in [-0.05, 0) is 55.8 Å². The summed E-state index contributed by atoms with van der Waals surface area (Å²) >= 11 is 5.80. The fraction of sp³-hybridized carbons (Fsp3) is 0.235. The van der Waals surface area contributed by atoms with Crippen molar-refractivity contribution >= 4 is 17.5 Å². The monoisotopic (exact) mass is 321 g/mol. The Morgan fingerprint density at radius 1 is 1.09 bits per heavy atom. The van der Waals surface area contributed by atoms with Gasteiger partial charge in [0, 0.05) is 5.02 Å². The van der Waals surface area contributed by atoms with Gasteiger partial charge in [-0.2, -0.15) is 0 Å². The molecule has 3 nitrogen and oxygen atoms in total. The summed E-state index contributed by atoms with van der Waals surface area (Å²) in [5, 5.41) is 3.44. The number of ether oxygens (including phenoxy) is 1. The lowest BCUT2D eigenvalue weighted by molar-refractivity contribution is -0.127. The van der Waals surface area contributed by atoms with Crippen molar-refractivity contribution in [2.24, 2.45) is 0 Å². The lowest BCUT2D eigenvalue weighted by Crippen LogP contribution is -2.37. The van der Waals surface area contributed by atoms with E-state index in [1.807, 2.05) is 6.92 Å². The molecule has 0 aromatic heterocycles. The van der Waals surface area contributed by atoms with Crippen molar-refractivity contribution in [2.75, 3.05) is 0 Å². The van der Waals surface area contributed by atoms with Gasteiger partial charge in [0.05, 0.1) is 6.04 Å². The second-order valence-corrected chi connectivity index (χ2v) is 5.43. The van der Waals surface area contributed by atoms with Crippen LogP contribution in [0.3, 0.4) is 0 Å². The van der Waals surface area contributed by atoms with Crippen molar-refractivity contribution in [1.29, 1.82) is 0 Å². The quantitative estimate of drug-likeness (QED) is 0.899. The van der Waals surface area contributed by atoms with Gasteiger partial charge < -0.3 is 10.1 Å². The van der Waals surface area contributed by atoms with E-state index in [1.54, 1.807) is 43.3 Å². The number of rotatable bonds is 5. The fourth-order valence-corrected chi connectivity index (χ4v) is 2.06. The van der Waals surface area contributed by atoms with Gasteiger partial charge in [-0.3, -0.25) is 4.79 Å². The molecule has 0 aliphatic rings. The number of nitrogens with one attached hydrogen (secondary N) is 1. The standard InChI is InChI=1S/C17H17ClFNO2/c1-11(13-3-7-15(19)8-4-13)20-17(21)12(2)22-16-9-5-14(18)6-10-16/h3-12H,1-2H3,(H,20,21)/t11-,12+/m1/s1. The summed E-state index contributed by atoms with van der Waals surface area (Å²) in [6.45, 7) is 3.50. The fourth-order valence-electron chi connectivity index (χ4n) is 1.94. The number of benzene rings is 2. The molecule has 0 aliphatic heterocycles. The highest BCUT2D eigenvalue weighted by Crippen LogP contribution is 2.17. The Balaban J connectivity index is 1.93. The average Bonchev–Trinajstić information content (AvgIpc) is 2.50. The van der Waals surface area contributed by atoms with E-state index >= 15 is 0 Å². The summed E-state index contributed by atoms with van der Waals surface area (Å²) in [7, 11) is 0. The first-order valence-corrected chi connectivity index (χ1v) is 7.31. The van der Waals surface area contributed by atoms with Gasteiger partial charge in [-0.25, -0.2) is 4.39 Å². The minimum atomic E-state index is -0.649. The Bertz CT molecular complexity index is 628. The zero-order chi connectivity index (χ0) is 16.1. The SMILES string of the molecule is C[C@H](Oc1ccc(Cl)cc1)C(=O)N[C@H](C)c1ccc(F)cc1. The lowest BCUT2D eigenvalue weighted by atomic mass is 10.1. The predicted octanol–water partition coefficient (Wildman–Crippen LogP) is 4.12. The number of carbonyl (C=O) groups is 1. The maximum absolute atomic E-state index is 12.9. The van der Waals surface area contributed by atoms with Gasteiger partial charge in [0.1, 0.15) is 11.6 Å². The smallest absolute Gasteiger partial charge is 0.261 e. The Hall–Kier alpha value is -2.07. The zero-order valence-corrected chi connectivity index (χ0v) is 13.1. The number of hydrogen-bond acceptors (Lipinski definition) is 2. The predicted molar refractivity (Wildman–Crippen MR) is 84.5 cm³/mol. The summed E-state index contributed by atoms with van der Waals surface area (Å²) in [5.41, 5.74) is 0.827. The normalized spacial score (nSPS) is 13.3. The number of amides is 1. The van der Waals surface area contributed by atoms with Gasteiger partial charge in [-0.15, -0.1) is 0 Å². The van der Waals surface area contributed by atoms with E-state index in [0.717, 1.165) is 5.56 Å². The van der Waals surface area contributed by atoms with Crippen LogP contribution in [-0.2, 0) is 4.79 Å². The molecule has 0 spiro atoms. The van der Waals surface area contributed by atoms with E-state index in [2.05, 4.69) is 5.32 Å². The van der Waals surface area contributed by atoms with Crippen molar-refractivity contribution in [2.45, 2.75) is 26.0 Å². The summed E-state index contributed by atoms with van der Waals surface area (Å²) in [6, 6.07) is 12.6. The molecule has 1 N–H and O–H groups in total. The summed E-state index contributed by atoms with van der Waals surface area (Å²) in [6.07, 6.45) is -0.649. The molecular formula is C17H17ClFNO2. The van der Waals surface area contributed by atoms with Crippen molar-refractivity contribution in [3.05, 3.63) is 64.9 Å². The Labute approximate surface area is 134 Å². The molecule has 2 atom stereocenters. The lowest BCUT2D eigenvalue weighted by Gasteiger charge is -2.19. The van der Waals surface area contributed by atoms with Gasteiger partial charge in [0.15, 0.2) is 6.10 Å². The highest BCUT2D eigenvalue weighted by Gasteiger charge is 2.17. The molecule has 2 aromatic carbocycles. The van der Waals surface area contributed by atoms with Crippen LogP contribution < -0.4 is 10.1 Å². The third-order valence-corrected chi connectivity index (χ3v) is 3.48. The van der Waals surface area contributed by atoms with Gasteiger partial charge in [0.2, 0.25) is 0 Å². The third-order valence-electron chi connectivity index (χ3n) is 3.22. The van der Waals surface area contributed by atoms with Crippen LogP contribution in [0.5, 0.6) is 5.75 Å². The van der Waals surface area contributed by atoms with Crippen LogP contribution >= 0.6 is 11.6 Å². The van der Waals surface area contributed by atoms with Crippen molar-refractivity contribution in [3.63, 3.8) is 0 Å². The van der Waals surface area contributed by atoms with E-state index in [4.69, 9.17) is 16.3 Å². The highest BCUT2D eigenvalue weighted by molar-refractivity contribution is 6.30. The van der Waals surface area contributed by atoms with Crippen LogP contribution in [0.2, 0.25) is 5.02 Å². The van der Waals surface area contributed by atoms with Crippen LogP contribution in [0.4, 0.5) is 4.39 Å². The summed E-state index contributed by atoms with van der Waals surface area (Å²) in [4.78, 5) is 12.1. The van der Waals surface area contributed by atoms with Gasteiger partial charge >= 0.3 is 0 Å². The molecule has 1 amide bonds. The molecule has 2 rings (SSSR count). The second kappa shape index (κ2) is 7.27. The Morgan fingerprint density at radius 3 is 2.27 bits per heavy atom. The average molecular weight is 322 g/mol. The Morgan fingerprint density at radius 2 is 1.68 bits per heavy atom. The molecule has 0 fully saturated rings. The van der Waals surface area contributed by atoms with Crippen LogP contribution in [0, 0.1) is 5.82 Å². The minimum absolute atomic E-state index is 0.232. The van der Waals surface area contributed by atoms with Crippen molar-refractivity contribution in [1.82, 2.24) is 5.32 Å². The molecule has 0 bridgehead atoms. The molecule has 22 heavy (non-hydrogen) atoms. The van der Waals surface area contributed by atoms with Crippen molar-refractivity contribution in [3.8, 4) is 5.75 Å². The second-order valence-electron chi connectivity index (χ2n) is 5.00. The molecule has 116 valence electrons. The number of halogens is 2. The van der Waals surface area contributed by atoms with Crippen LogP contribution in [-0.4, -0.2) is 12.0 Å². The summed E-state index contributed by atoms with van der Waals surface area (Å²) in [5.74, 6) is 0.0231. The van der Waals surface area contributed by atoms with Gasteiger partial charge in [-0.1, -0.05) is 23.7 Å². The van der Waals surface area contributed by atoms with E-state index in [0.29, 0.717) is 10.8 Å². The zero-order valence-electron chi connectivity index (χ0n) is 12.3. The number of hydrogen-bond donors (Lipinski definition) is 1. The van der Waals surface area contributed by atoms with Crippen molar-refractivity contribution < 1.29 is 13.9 Å². The first-order valence-electron chi connectivity index (χ1n) is 6.94. The van der Waals surface area contributed by atoms with Gasteiger partial charge in [0.25, 0.3) is 5.91 Å². The molecule has 0 heterocycles. The minimum Gasteiger partial charge on any atom is -0.481 e. The first kappa shape index (κ1) is 16.3. The molecular weight excluding hydrogens is 305 g/mol. The van der Waals surface area contributed by atoms with E-state index in [-0.39, 0.29) is 17.8 Å². The maximum atomic E-state index is 12.9. The Kier molecular flexibility index (Phi) is 5.39. The molecule has 0 saturated carbocycles. The summed E-state index contributed by atoms with van der Waals surface area (Å²) < 4.78 is 18.5. The molecule has 0 saturated heterocycles. The maximum Gasteiger partial charge on any atom is 0.261 e. The van der Waals surface area contributed by atoms with Crippen LogP contribution in [0.1, 0.15) is 25.5 Å². The van der Waals surface area contributed by atoms with Crippen LogP contribution in [0.25, 0.3) is 0 Å². The molecule has 2 aromatic rings. The molecule has 0 radical (unpaired) electrons.